The van der Waals surface area contributed by atoms with Crippen molar-refractivity contribution in [3.8, 4) is 0 Å². The van der Waals surface area contributed by atoms with Gasteiger partial charge in [-0.3, -0.25) is 5.84 Å². The summed E-state index contributed by atoms with van der Waals surface area (Å²) in [6.45, 7) is 1.08. The number of nitrogens with one attached hydrogen (secondary N) is 1. The zero-order valence-electron chi connectivity index (χ0n) is 6.45. The Kier molecular flexibility index (Phi) is 2.80. The second kappa shape index (κ2) is 3.46. The van der Waals surface area contributed by atoms with Gasteiger partial charge in [-0.2, -0.15) is 5.53 Å². The molecule has 0 radical (unpaired) electrons. The molecule has 1 atom stereocenters. The van der Waals surface area contributed by atoms with Crippen molar-refractivity contribution in [3.05, 3.63) is 0 Å². The lowest BCUT2D eigenvalue weighted by molar-refractivity contribution is 0.189. The number of hydrogen-bond acceptors (Lipinski definition) is 5. The summed E-state index contributed by atoms with van der Waals surface area (Å²) < 4.78 is 0. The van der Waals surface area contributed by atoms with Gasteiger partial charge in [0.15, 0.2) is 0 Å². The summed E-state index contributed by atoms with van der Waals surface area (Å²) in [4.78, 5) is 0. The van der Waals surface area contributed by atoms with Crippen LogP contribution in [0.15, 0.2) is 0 Å². The SMILES string of the molecule is NNN1CC1(CCO)CCO. The molecule has 0 bridgehead atoms. The van der Waals surface area contributed by atoms with E-state index in [1.807, 2.05) is 5.01 Å². The number of nitrogens with two attached hydrogens (primary N) is 1. The van der Waals surface area contributed by atoms with Crippen molar-refractivity contribution >= 4 is 0 Å². The van der Waals surface area contributed by atoms with Crippen molar-refractivity contribution in [2.75, 3.05) is 19.8 Å². The molecule has 5 heteroatoms. The van der Waals surface area contributed by atoms with Crippen LogP contribution in [0.5, 0.6) is 0 Å². The molecule has 1 aliphatic rings. The Morgan fingerprint density at radius 1 is 1.36 bits per heavy atom. The maximum absolute atomic E-state index is 8.70. The molecule has 0 aromatic carbocycles. The third kappa shape index (κ3) is 1.69. The van der Waals surface area contributed by atoms with E-state index in [9.17, 15) is 0 Å². The highest BCUT2D eigenvalue weighted by Crippen LogP contribution is 2.35. The van der Waals surface area contributed by atoms with E-state index in [-0.39, 0.29) is 18.8 Å². The van der Waals surface area contributed by atoms with Gasteiger partial charge in [0.25, 0.3) is 0 Å². The Morgan fingerprint density at radius 2 is 1.91 bits per heavy atom. The van der Waals surface area contributed by atoms with E-state index in [2.05, 4.69) is 5.53 Å². The Hall–Kier alpha value is -0.200. The third-order valence-electron chi connectivity index (χ3n) is 2.23. The quantitative estimate of drug-likeness (QED) is 0.217. The van der Waals surface area contributed by atoms with Gasteiger partial charge in [0, 0.05) is 19.8 Å². The van der Waals surface area contributed by atoms with Crippen LogP contribution in [-0.2, 0) is 0 Å². The van der Waals surface area contributed by atoms with Crippen LogP contribution in [0.2, 0.25) is 0 Å². The molecule has 1 heterocycles. The molecule has 11 heavy (non-hydrogen) atoms. The summed E-state index contributed by atoms with van der Waals surface area (Å²) in [5.41, 5.74) is 2.43. The van der Waals surface area contributed by atoms with Gasteiger partial charge in [-0.15, -0.1) is 0 Å². The minimum atomic E-state index is -0.0851. The maximum atomic E-state index is 8.70. The molecule has 0 amide bonds. The van der Waals surface area contributed by atoms with Gasteiger partial charge in [0.2, 0.25) is 0 Å². The van der Waals surface area contributed by atoms with Crippen LogP contribution < -0.4 is 11.4 Å². The summed E-state index contributed by atoms with van der Waals surface area (Å²) >= 11 is 0. The van der Waals surface area contributed by atoms with Crippen molar-refractivity contribution in [3.63, 3.8) is 0 Å². The molecule has 0 spiro atoms. The van der Waals surface area contributed by atoms with E-state index < -0.39 is 0 Å². The van der Waals surface area contributed by atoms with Crippen molar-refractivity contribution in [2.24, 2.45) is 5.84 Å². The fourth-order valence-corrected chi connectivity index (χ4v) is 1.41. The highest BCUT2D eigenvalue weighted by molar-refractivity contribution is 5.03. The summed E-state index contributed by atoms with van der Waals surface area (Å²) in [5, 5.41) is 19.2. The molecule has 1 rings (SSSR count). The van der Waals surface area contributed by atoms with Crippen molar-refractivity contribution < 1.29 is 10.2 Å². The lowest BCUT2D eigenvalue weighted by atomic mass is 10.0. The first-order valence-corrected chi connectivity index (χ1v) is 3.75. The van der Waals surface area contributed by atoms with E-state index >= 15 is 0 Å². The second-order valence-electron chi connectivity index (χ2n) is 2.89. The Morgan fingerprint density at radius 3 is 2.18 bits per heavy atom. The standard InChI is InChI=1S/C6H15N3O2/c7-8-9-5-6(9,1-3-10)2-4-11/h8,10-11H,1-5,7H2. The van der Waals surface area contributed by atoms with Crippen molar-refractivity contribution in [1.29, 1.82) is 0 Å². The van der Waals surface area contributed by atoms with Gasteiger partial charge in [-0.1, -0.05) is 0 Å². The van der Waals surface area contributed by atoms with E-state index in [1.165, 1.54) is 0 Å². The maximum Gasteiger partial charge on any atom is 0.0553 e. The highest BCUT2D eigenvalue weighted by atomic mass is 16.3. The molecule has 66 valence electrons. The van der Waals surface area contributed by atoms with E-state index in [4.69, 9.17) is 16.1 Å². The molecular weight excluding hydrogens is 146 g/mol. The van der Waals surface area contributed by atoms with E-state index in [0.717, 1.165) is 6.54 Å². The zero-order valence-corrected chi connectivity index (χ0v) is 6.45. The number of nitrogens with zero attached hydrogens (tertiary/aromatic N) is 1. The molecule has 1 unspecified atom stereocenters. The van der Waals surface area contributed by atoms with Crippen molar-refractivity contribution in [2.45, 2.75) is 18.4 Å². The van der Waals surface area contributed by atoms with Crippen LogP contribution in [0, 0.1) is 0 Å². The van der Waals surface area contributed by atoms with Crippen LogP contribution in [0.25, 0.3) is 0 Å². The second-order valence-corrected chi connectivity index (χ2v) is 2.89. The van der Waals surface area contributed by atoms with Crippen molar-refractivity contribution in [1.82, 2.24) is 10.5 Å². The number of hydrazine groups is 2. The Bertz CT molecular complexity index is 125. The van der Waals surface area contributed by atoms with Gasteiger partial charge < -0.3 is 10.2 Å². The van der Waals surface area contributed by atoms with Crippen LogP contribution in [0.3, 0.4) is 0 Å². The normalized spacial score (nSPS) is 27.0. The van der Waals surface area contributed by atoms with Crippen LogP contribution in [0.1, 0.15) is 12.8 Å². The van der Waals surface area contributed by atoms with Gasteiger partial charge in [-0.25, -0.2) is 5.01 Å². The van der Waals surface area contributed by atoms with E-state index in [0.29, 0.717) is 12.8 Å². The first-order valence-electron chi connectivity index (χ1n) is 3.75. The third-order valence-corrected chi connectivity index (χ3v) is 2.23. The monoisotopic (exact) mass is 161 g/mol. The molecule has 0 saturated carbocycles. The van der Waals surface area contributed by atoms with Gasteiger partial charge >= 0.3 is 0 Å². The molecule has 0 aromatic rings. The fraction of sp³-hybridized carbons (Fsp3) is 1.00. The number of hydrogen-bond donors (Lipinski definition) is 4. The van der Waals surface area contributed by atoms with Crippen LogP contribution >= 0.6 is 0 Å². The largest absolute Gasteiger partial charge is 0.396 e. The van der Waals surface area contributed by atoms with Gasteiger partial charge in [0.1, 0.15) is 0 Å². The average Bonchev–Trinajstić information content (AvgIpc) is 2.65. The van der Waals surface area contributed by atoms with Gasteiger partial charge in [0.05, 0.1) is 5.54 Å². The molecule has 1 aliphatic heterocycles. The zero-order chi connectivity index (χ0) is 8.32. The smallest absolute Gasteiger partial charge is 0.0553 e. The summed E-state index contributed by atoms with van der Waals surface area (Å²) in [6.07, 6.45) is 1.33. The molecule has 5 nitrogen and oxygen atoms in total. The summed E-state index contributed by atoms with van der Waals surface area (Å²) in [5.74, 6) is 5.18. The lowest BCUT2D eigenvalue weighted by Crippen LogP contribution is -2.35. The first-order chi connectivity index (χ1) is 5.29. The van der Waals surface area contributed by atoms with Crippen LogP contribution in [-0.4, -0.2) is 40.5 Å². The predicted molar refractivity (Wildman–Crippen MR) is 40.2 cm³/mol. The predicted octanol–water partition coefficient (Wildman–Crippen LogP) is -1.82. The molecule has 1 saturated heterocycles. The highest BCUT2D eigenvalue weighted by Gasteiger charge is 2.50. The fourth-order valence-electron chi connectivity index (χ4n) is 1.41. The van der Waals surface area contributed by atoms with E-state index in [1.54, 1.807) is 0 Å². The number of rotatable bonds is 5. The Labute approximate surface area is 65.7 Å². The van der Waals surface area contributed by atoms with Crippen LogP contribution in [0.4, 0.5) is 0 Å². The summed E-state index contributed by atoms with van der Waals surface area (Å²) in [6, 6.07) is 0. The number of aliphatic hydroxyl groups is 2. The minimum absolute atomic E-state index is 0.0851. The molecular formula is C6H15N3O2. The molecule has 5 N–H and O–H groups in total. The Balaban J connectivity index is 2.35. The number of aliphatic hydroxyl groups excluding tert-OH is 2. The lowest BCUT2D eigenvalue weighted by Gasteiger charge is -2.13. The summed E-state index contributed by atoms with van der Waals surface area (Å²) in [7, 11) is 0. The minimum Gasteiger partial charge on any atom is -0.396 e. The average molecular weight is 161 g/mol. The molecule has 0 aliphatic carbocycles. The van der Waals surface area contributed by atoms with Gasteiger partial charge in [-0.05, 0) is 12.8 Å². The molecule has 0 aromatic heterocycles. The molecule has 1 fully saturated rings. The first kappa shape index (κ1) is 8.89. The topological polar surface area (TPSA) is 81.5 Å².